The van der Waals surface area contributed by atoms with Crippen LogP contribution in [0.1, 0.15) is 12.8 Å². The van der Waals surface area contributed by atoms with Gasteiger partial charge in [0.15, 0.2) is 0 Å². The number of aliphatic carboxylic acids is 1. The minimum atomic E-state index is -1.23. The fraction of sp³-hybridized carbons (Fsp3) is 0.500. The maximum Gasteiger partial charge on any atom is 0.404 e. The smallest absolute Gasteiger partial charge is 0.404 e. The standard InChI is InChI=1S/C8H13N2O5/c1-2-6(11)10-5(7(12)13)3-4-9-8(14)15/h5,9H,1-4H2,(H,10,11)(H,12,13)(H,14,15). The largest absolute Gasteiger partial charge is 0.480 e. The zero-order valence-electron chi connectivity index (χ0n) is 8.02. The molecule has 0 rings (SSSR count). The van der Waals surface area contributed by atoms with Crippen molar-refractivity contribution < 1.29 is 24.6 Å². The van der Waals surface area contributed by atoms with Gasteiger partial charge in [-0.15, -0.1) is 0 Å². The Morgan fingerprint density at radius 1 is 1.27 bits per heavy atom. The molecular weight excluding hydrogens is 204 g/mol. The van der Waals surface area contributed by atoms with E-state index in [0.29, 0.717) is 0 Å². The van der Waals surface area contributed by atoms with E-state index >= 15 is 0 Å². The maximum atomic E-state index is 10.9. The number of nitrogens with one attached hydrogen (secondary N) is 2. The number of carboxylic acids is 1. The lowest BCUT2D eigenvalue weighted by Crippen LogP contribution is -2.42. The van der Waals surface area contributed by atoms with Crippen molar-refractivity contribution in [3.8, 4) is 0 Å². The summed E-state index contributed by atoms with van der Waals surface area (Å²) in [7, 11) is 0. The predicted octanol–water partition coefficient (Wildman–Crippen LogP) is -0.562. The molecule has 0 aromatic heterocycles. The summed E-state index contributed by atoms with van der Waals surface area (Å²) in [5.74, 6) is -1.69. The number of rotatable bonds is 6. The molecule has 0 spiro atoms. The highest BCUT2D eigenvalue weighted by atomic mass is 16.4. The van der Waals surface area contributed by atoms with Crippen LogP contribution < -0.4 is 10.6 Å². The van der Waals surface area contributed by atoms with Crippen molar-refractivity contribution in [1.82, 2.24) is 10.6 Å². The van der Waals surface area contributed by atoms with Gasteiger partial charge in [0.1, 0.15) is 6.04 Å². The highest BCUT2D eigenvalue weighted by Gasteiger charge is 2.18. The van der Waals surface area contributed by atoms with Crippen LogP contribution in [0.5, 0.6) is 0 Å². The van der Waals surface area contributed by atoms with Crippen LogP contribution in [-0.4, -0.2) is 40.8 Å². The van der Waals surface area contributed by atoms with Gasteiger partial charge in [-0.1, -0.05) is 0 Å². The molecule has 85 valence electrons. The van der Waals surface area contributed by atoms with Crippen LogP contribution >= 0.6 is 0 Å². The van der Waals surface area contributed by atoms with Gasteiger partial charge in [-0.2, -0.15) is 0 Å². The number of hydrogen-bond donors (Lipinski definition) is 4. The SMILES string of the molecule is [CH2]CC(=O)NC(CCNC(=O)O)C(=O)O. The van der Waals surface area contributed by atoms with Crippen LogP contribution in [0.2, 0.25) is 0 Å². The van der Waals surface area contributed by atoms with Crippen molar-refractivity contribution in [3.63, 3.8) is 0 Å². The first-order valence-electron chi connectivity index (χ1n) is 4.25. The van der Waals surface area contributed by atoms with Crippen molar-refractivity contribution in [2.75, 3.05) is 6.54 Å². The second kappa shape index (κ2) is 6.63. The Hall–Kier alpha value is -1.79. The molecule has 15 heavy (non-hydrogen) atoms. The van der Waals surface area contributed by atoms with Gasteiger partial charge in [0.05, 0.1) is 0 Å². The lowest BCUT2D eigenvalue weighted by molar-refractivity contribution is -0.141. The quantitative estimate of drug-likeness (QED) is 0.476. The summed E-state index contributed by atoms with van der Waals surface area (Å²) in [5.41, 5.74) is 0. The Balaban J connectivity index is 4.00. The topological polar surface area (TPSA) is 116 Å². The third-order valence-corrected chi connectivity index (χ3v) is 1.57. The molecule has 0 saturated carbocycles. The Kier molecular flexibility index (Phi) is 5.84. The molecule has 0 bridgehead atoms. The van der Waals surface area contributed by atoms with Crippen LogP contribution in [0.3, 0.4) is 0 Å². The molecule has 1 atom stereocenters. The van der Waals surface area contributed by atoms with Gasteiger partial charge in [0, 0.05) is 13.0 Å². The van der Waals surface area contributed by atoms with Crippen LogP contribution in [0, 0.1) is 6.92 Å². The van der Waals surface area contributed by atoms with Gasteiger partial charge in [-0.25, -0.2) is 9.59 Å². The summed E-state index contributed by atoms with van der Waals surface area (Å²) < 4.78 is 0. The van der Waals surface area contributed by atoms with Crippen molar-refractivity contribution in [3.05, 3.63) is 6.92 Å². The molecule has 2 amide bonds. The molecule has 1 radical (unpaired) electrons. The first kappa shape index (κ1) is 13.2. The monoisotopic (exact) mass is 217 g/mol. The molecule has 0 fully saturated rings. The summed E-state index contributed by atoms with van der Waals surface area (Å²) in [5, 5.41) is 21.1. The number of carbonyl (C=O) groups is 3. The second-order valence-electron chi connectivity index (χ2n) is 2.73. The summed E-state index contributed by atoms with van der Waals surface area (Å²) >= 11 is 0. The summed E-state index contributed by atoms with van der Waals surface area (Å²) in [4.78, 5) is 31.5. The lowest BCUT2D eigenvalue weighted by atomic mass is 10.2. The van der Waals surface area contributed by atoms with E-state index in [1.54, 1.807) is 0 Å². The maximum absolute atomic E-state index is 10.9. The second-order valence-corrected chi connectivity index (χ2v) is 2.73. The highest BCUT2D eigenvalue weighted by Crippen LogP contribution is 1.92. The summed E-state index contributed by atoms with van der Waals surface area (Å²) in [6.07, 6.45) is -1.30. The molecule has 0 aliphatic carbocycles. The Morgan fingerprint density at radius 2 is 1.87 bits per heavy atom. The summed E-state index contributed by atoms with van der Waals surface area (Å²) in [6, 6.07) is -1.09. The lowest BCUT2D eigenvalue weighted by Gasteiger charge is -2.13. The van der Waals surface area contributed by atoms with E-state index in [2.05, 4.69) is 12.2 Å². The van der Waals surface area contributed by atoms with Crippen molar-refractivity contribution in [2.45, 2.75) is 18.9 Å². The number of hydrogen-bond acceptors (Lipinski definition) is 3. The Morgan fingerprint density at radius 3 is 2.27 bits per heavy atom. The third-order valence-electron chi connectivity index (χ3n) is 1.57. The van der Waals surface area contributed by atoms with Crippen molar-refractivity contribution >= 4 is 18.0 Å². The molecular formula is C8H13N2O5. The molecule has 0 aliphatic heterocycles. The van der Waals surface area contributed by atoms with Crippen molar-refractivity contribution in [2.24, 2.45) is 0 Å². The normalized spacial score (nSPS) is 11.5. The average Bonchev–Trinajstić information content (AvgIpc) is 2.15. The van der Waals surface area contributed by atoms with Gasteiger partial charge >= 0.3 is 12.1 Å². The van der Waals surface area contributed by atoms with Gasteiger partial charge in [0.2, 0.25) is 5.91 Å². The van der Waals surface area contributed by atoms with Crippen LogP contribution in [-0.2, 0) is 9.59 Å². The van der Waals surface area contributed by atoms with Gasteiger partial charge in [-0.05, 0) is 13.3 Å². The first-order chi connectivity index (χ1) is 6.97. The Bertz CT molecular complexity index is 253. The molecule has 4 N–H and O–H groups in total. The molecule has 0 heterocycles. The molecule has 0 saturated heterocycles. The Labute approximate surface area is 86.5 Å². The average molecular weight is 217 g/mol. The van der Waals surface area contributed by atoms with Gasteiger partial charge in [0.25, 0.3) is 0 Å². The van der Waals surface area contributed by atoms with Crippen LogP contribution in [0.25, 0.3) is 0 Å². The van der Waals surface area contributed by atoms with E-state index in [9.17, 15) is 14.4 Å². The predicted molar refractivity (Wildman–Crippen MR) is 50.2 cm³/mol. The van der Waals surface area contributed by atoms with E-state index in [0.717, 1.165) is 0 Å². The van der Waals surface area contributed by atoms with Crippen LogP contribution in [0.15, 0.2) is 0 Å². The third kappa shape index (κ3) is 6.30. The van der Waals surface area contributed by atoms with E-state index in [-0.39, 0.29) is 19.4 Å². The summed E-state index contributed by atoms with van der Waals surface area (Å²) in [6.45, 7) is 3.25. The van der Waals surface area contributed by atoms with Gasteiger partial charge < -0.3 is 20.8 Å². The molecule has 0 aromatic carbocycles. The zero-order chi connectivity index (χ0) is 11.8. The molecule has 7 nitrogen and oxygen atoms in total. The van der Waals surface area contributed by atoms with E-state index in [1.807, 2.05) is 5.32 Å². The molecule has 1 unspecified atom stereocenters. The van der Waals surface area contributed by atoms with E-state index in [1.165, 1.54) is 0 Å². The van der Waals surface area contributed by atoms with E-state index in [4.69, 9.17) is 10.2 Å². The molecule has 7 heteroatoms. The fourth-order valence-corrected chi connectivity index (χ4v) is 0.847. The van der Waals surface area contributed by atoms with Crippen LogP contribution in [0.4, 0.5) is 4.79 Å². The van der Waals surface area contributed by atoms with E-state index < -0.39 is 24.0 Å². The number of amides is 2. The molecule has 0 aliphatic rings. The zero-order valence-corrected chi connectivity index (χ0v) is 8.02. The highest BCUT2D eigenvalue weighted by molar-refractivity contribution is 5.83. The molecule has 0 aromatic rings. The first-order valence-corrected chi connectivity index (χ1v) is 4.25. The fourth-order valence-electron chi connectivity index (χ4n) is 0.847. The van der Waals surface area contributed by atoms with Crippen molar-refractivity contribution in [1.29, 1.82) is 0 Å². The minimum absolute atomic E-state index is 0.00657. The minimum Gasteiger partial charge on any atom is -0.480 e. The number of carbonyl (C=O) groups excluding carboxylic acids is 1. The van der Waals surface area contributed by atoms with Gasteiger partial charge in [-0.3, -0.25) is 4.79 Å². The number of carboxylic acid groups (broad SMARTS) is 2.